The van der Waals surface area contributed by atoms with Crippen molar-refractivity contribution in [2.45, 2.75) is 69.9 Å². The molecule has 0 aromatic heterocycles. The third kappa shape index (κ3) is 6.24. The highest BCUT2D eigenvalue weighted by Crippen LogP contribution is 2.41. The van der Waals surface area contributed by atoms with Gasteiger partial charge in [0.2, 0.25) is 0 Å². The van der Waals surface area contributed by atoms with Gasteiger partial charge in [-0.2, -0.15) is 0 Å². The first-order valence-corrected chi connectivity index (χ1v) is 14.8. The Labute approximate surface area is 252 Å². The van der Waals surface area contributed by atoms with Gasteiger partial charge in [0.1, 0.15) is 23.7 Å². The van der Waals surface area contributed by atoms with Crippen molar-refractivity contribution in [2.75, 3.05) is 0 Å². The second-order valence-electron chi connectivity index (χ2n) is 11.9. The maximum absolute atomic E-state index is 14.9. The number of hydrogen-bond donors (Lipinski definition) is 2. The van der Waals surface area contributed by atoms with Crippen LogP contribution in [0.4, 0.5) is 4.79 Å². The minimum Gasteiger partial charge on any atom is -0.508 e. The third-order valence-corrected chi connectivity index (χ3v) is 8.45. The molecule has 2 heterocycles. The quantitative estimate of drug-likeness (QED) is 0.257. The number of carbonyl (C=O) groups is 1. The van der Waals surface area contributed by atoms with E-state index >= 15 is 0 Å². The first-order chi connectivity index (χ1) is 20.8. The summed E-state index contributed by atoms with van der Waals surface area (Å²) in [5.74, 6) is -0.540. The summed E-state index contributed by atoms with van der Waals surface area (Å²) in [6, 6.07) is 33.4. The largest absolute Gasteiger partial charge is 0.508 e. The Hall–Kier alpha value is -4.33. The van der Waals surface area contributed by atoms with Crippen molar-refractivity contribution >= 4 is 6.03 Å². The Morgan fingerprint density at radius 1 is 0.605 bits per heavy atom. The normalized spacial score (nSPS) is 23.2. The number of carbonyl (C=O) groups excluding carboxylic acids is 1. The molecule has 0 unspecified atom stereocenters. The van der Waals surface area contributed by atoms with Crippen LogP contribution < -0.4 is 0 Å². The molecule has 4 atom stereocenters. The molecule has 2 amide bonds. The van der Waals surface area contributed by atoms with E-state index in [4.69, 9.17) is 9.47 Å². The van der Waals surface area contributed by atoms with E-state index in [1.165, 1.54) is 0 Å². The highest BCUT2D eigenvalue weighted by Gasteiger charge is 2.55. The molecule has 2 fully saturated rings. The van der Waals surface area contributed by atoms with Crippen LogP contribution in [0.15, 0.2) is 109 Å². The summed E-state index contributed by atoms with van der Waals surface area (Å²) in [4.78, 5) is 18.7. The van der Waals surface area contributed by atoms with Gasteiger partial charge in [-0.3, -0.25) is 0 Å². The van der Waals surface area contributed by atoms with Crippen LogP contribution in [-0.2, 0) is 35.4 Å². The molecular formula is C36H38N2O5. The van der Waals surface area contributed by atoms with E-state index in [1.54, 1.807) is 24.3 Å². The summed E-state index contributed by atoms with van der Waals surface area (Å²) < 4.78 is 13.4. The fourth-order valence-electron chi connectivity index (χ4n) is 6.42. The average molecular weight is 579 g/mol. The van der Waals surface area contributed by atoms with E-state index in [0.29, 0.717) is 25.9 Å². The molecule has 43 heavy (non-hydrogen) atoms. The van der Waals surface area contributed by atoms with Gasteiger partial charge in [0.05, 0.1) is 12.1 Å². The Morgan fingerprint density at radius 2 is 0.977 bits per heavy atom. The highest BCUT2D eigenvalue weighted by molar-refractivity contribution is 5.76. The van der Waals surface area contributed by atoms with E-state index in [1.807, 2.05) is 109 Å². The number of para-hydroxylation sites is 2. The van der Waals surface area contributed by atoms with E-state index < -0.39 is 30.1 Å². The Balaban J connectivity index is 1.50. The first kappa shape index (κ1) is 28.8. The van der Waals surface area contributed by atoms with Crippen molar-refractivity contribution in [2.24, 2.45) is 0 Å². The van der Waals surface area contributed by atoms with Gasteiger partial charge in [-0.05, 0) is 61.1 Å². The number of urea groups is 1. The molecule has 0 bridgehead atoms. The monoisotopic (exact) mass is 578 g/mol. The minimum atomic E-state index is -0.902. The Kier molecular flexibility index (Phi) is 8.10. The van der Waals surface area contributed by atoms with Gasteiger partial charge in [0.15, 0.2) is 5.79 Å². The summed E-state index contributed by atoms with van der Waals surface area (Å²) in [5.41, 5.74) is 3.46. The van der Waals surface area contributed by atoms with Crippen LogP contribution in [0.1, 0.15) is 36.1 Å². The van der Waals surface area contributed by atoms with Crippen LogP contribution in [-0.4, -0.2) is 56.1 Å². The molecular weight excluding hydrogens is 540 g/mol. The summed E-state index contributed by atoms with van der Waals surface area (Å²) in [5, 5.41) is 21.6. The zero-order valence-electron chi connectivity index (χ0n) is 24.5. The SMILES string of the molecule is CC1(C)O[C@@H]2[C@@H](O1)[C@@H](Cc1ccccc1O)N(Cc1ccccc1)C(=O)N(Cc1ccccc1)[C@@H]2Cc1ccccc1O. The van der Waals surface area contributed by atoms with E-state index in [9.17, 15) is 15.0 Å². The topological polar surface area (TPSA) is 82.5 Å². The fraction of sp³-hybridized carbons (Fsp3) is 0.306. The standard InChI is InChI=1S/C36H38N2O5/c1-36(2)42-33-29(21-27-17-9-11-19-31(27)39)37(23-25-13-5-3-6-14-25)35(41)38(24-26-15-7-4-8-16-26)30(34(33)43-36)22-28-18-10-12-20-32(28)40/h3-20,29-30,33-34,39-40H,21-24H2,1-2H3/t29-,30-,33+,34+/m1/s1. The van der Waals surface area contributed by atoms with Crippen molar-refractivity contribution in [3.63, 3.8) is 0 Å². The van der Waals surface area contributed by atoms with E-state index in [2.05, 4.69) is 0 Å². The lowest BCUT2D eigenvalue weighted by Crippen LogP contribution is -2.51. The van der Waals surface area contributed by atoms with Gasteiger partial charge in [-0.1, -0.05) is 97.1 Å². The molecule has 7 heteroatoms. The number of benzene rings is 4. The summed E-state index contributed by atoms with van der Waals surface area (Å²) in [6.45, 7) is 4.53. The number of fused-ring (bicyclic) bond motifs is 1. The molecule has 2 aliphatic rings. The predicted molar refractivity (Wildman–Crippen MR) is 164 cm³/mol. The zero-order chi connectivity index (χ0) is 30.0. The highest BCUT2D eigenvalue weighted by atomic mass is 16.8. The van der Waals surface area contributed by atoms with Gasteiger partial charge in [-0.15, -0.1) is 0 Å². The van der Waals surface area contributed by atoms with Gasteiger partial charge in [-0.25, -0.2) is 4.79 Å². The van der Waals surface area contributed by atoms with Crippen molar-refractivity contribution in [3.8, 4) is 11.5 Å². The smallest absolute Gasteiger partial charge is 0.321 e. The number of ether oxygens (including phenoxy) is 2. The molecule has 0 aliphatic carbocycles. The number of phenols is 2. The molecule has 6 rings (SSSR count). The van der Waals surface area contributed by atoms with Crippen LogP contribution in [0.3, 0.4) is 0 Å². The average Bonchev–Trinajstić information content (AvgIpc) is 3.30. The van der Waals surface area contributed by atoms with Gasteiger partial charge in [0, 0.05) is 13.1 Å². The number of nitrogens with zero attached hydrogens (tertiary/aromatic N) is 2. The van der Waals surface area contributed by atoms with E-state index in [0.717, 1.165) is 22.3 Å². The maximum atomic E-state index is 14.9. The van der Waals surface area contributed by atoms with Crippen molar-refractivity contribution < 1.29 is 24.5 Å². The molecule has 4 aromatic carbocycles. The molecule has 222 valence electrons. The van der Waals surface area contributed by atoms with E-state index in [-0.39, 0.29) is 17.5 Å². The molecule has 0 spiro atoms. The van der Waals surface area contributed by atoms with Crippen molar-refractivity contribution in [1.29, 1.82) is 0 Å². The van der Waals surface area contributed by atoms with Gasteiger partial charge in [0.25, 0.3) is 0 Å². The molecule has 2 saturated heterocycles. The molecule has 2 aliphatic heterocycles. The zero-order valence-corrected chi connectivity index (χ0v) is 24.5. The van der Waals surface area contributed by atoms with Crippen LogP contribution in [0.5, 0.6) is 11.5 Å². The molecule has 7 nitrogen and oxygen atoms in total. The Morgan fingerprint density at radius 3 is 1.37 bits per heavy atom. The third-order valence-electron chi connectivity index (χ3n) is 8.45. The van der Waals surface area contributed by atoms with Gasteiger partial charge >= 0.3 is 6.03 Å². The van der Waals surface area contributed by atoms with Crippen LogP contribution in [0.2, 0.25) is 0 Å². The first-order valence-electron chi connectivity index (χ1n) is 14.8. The molecule has 0 radical (unpaired) electrons. The number of phenolic OH excluding ortho intramolecular Hbond substituents is 2. The lowest BCUT2D eigenvalue weighted by molar-refractivity contribution is -0.157. The number of rotatable bonds is 8. The number of hydrogen-bond acceptors (Lipinski definition) is 5. The lowest BCUT2D eigenvalue weighted by Gasteiger charge is -2.37. The van der Waals surface area contributed by atoms with Gasteiger partial charge < -0.3 is 29.5 Å². The summed E-state index contributed by atoms with van der Waals surface area (Å²) in [7, 11) is 0. The molecule has 4 aromatic rings. The second-order valence-corrected chi connectivity index (χ2v) is 11.9. The summed E-state index contributed by atoms with van der Waals surface area (Å²) >= 11 is 0. The van der Waals surface area contributed by atoms with Crippen LogP contribution in [0, 0.1) is 0 Å². The second kappa shape index (κ2) is 12.1. The van der Waals surface area contributed by atoms with Crippen LogP contribution >= 0.6 is 0 Å². The van der Waals surface area contributed by atoms with Crippen LogP contribution in [0.25, 0.3) is 0 Å². The molecule has 0 saturated carbocycles. The minimum absolute atomic E-state index is 0.145. The Bertz CT molecular complexity index is 1430. The number of amides is 2. The number of aromatic hydroxyl groups is 2. The lowest BCUT2D eigenvalue weighted by atomic mass is 9.90. The molecule has 2 N–H and O–H groups in total. The predicted octanol–water partition coefficient (Wildman–Crippen LogP) is 6.28. The van der Waals surface area contributed by atoms with Crippen molar-refractivity contribution in [3.05, 3.63) is 131 Å². The van der Waals surface area contributed by atoms with Crippen molar-refractivity contribution in [1.82, 2.24) is 9.80 Å². The fourth-order valence-corrected chi connectivity index (χ4v) is 6.42. The maximum Gasteiger partial charge on any atom is 0.321 e. The summed E-state index contributed by atoms with van der Waals surface area (Å²) in [6.07, 6.45) is -0.236.